The summed E-state index contributed by atoms with van der Waals surface area (Å²) >= 11 is 5.27. The molecule has 2 amide bonds. The number of amides is 2. The Hall–Kier alpha value is -3.72. The van der Waals surface area contributed by atoms with Crippen molar-refractivity contribution in [1.82, 2.24) is 5.32 Å². The summed E-state index contributed by atoms with van der Waals surface area (Å²) in [5.74, 6) is -1.78. The van der Waals surface area contributed by atoms with Crippen molar-refractivity contribution in [3.63, 3.8) is 0 Å². The minimum atomic E-state index is -1.12. The summed E-state index contributed by atoms with van der Waals surface area (Å²) in [4.78, 5) is 38.2. The maximum absolute atomic E-state index is 13.2. The van der Waals surface area contributed by atoms with Crippen molar-refractivity contribution in [3.05, 3.63) is 59.2 Å². The summed E-state index contributed by atoms with van der Waals surface area (Å²) in [5, 5.41) is 11.6. The predicted molar refractivity (Wildman–Crippen MR) is 123 cm³/mol. The number of carbonyl (C=O) groups excluding carboxylic acids is 2. The number of carboxylic acids is 1. The molecule has 9 heteroatoms. The second-order valence-corrected chi connectivity index (χ2v) is 7.34. The zero-order valence-corrected chi connectivity index (χ0v) is 18.6. The van der Waals surface area contributed by atoms with Crippen LogP contribution in [0.15, 0.2) is 48.0 Å². The molecule has 1 heterocycles. The highest BCUT2D eigenvalue weighted by molar-refractivity contribution is 7.80. The molecule has 8 nitrogen and oxygen atoms in total. The van der Waals surface area contributed by atoms with Crippen LogP contribution < -0.4 is 19.7 Å². The van der Waals surface area contributed by atoms with E-state index in [1.165, 1.54) is 31.1 Å². The first-order valence-corrected chi connectivity index (χ1v) is 10.2. The van der Waals surface area contributed by atoms with E-state index < -0.39 is 23.9 Å². The average Bonchev–Trinajstić information content (AvgIpc) is 2.77. The molecular weight excluding hydrogens is 432 g/mol. The maximum atomic E-state index is 13.2. The number of para-hydroxylation sites is 1. The lowest BCUT2D eigenvalue weighted by molar-refractivity contribution is -0.144. The Morgan fingerprint density at radius 1 is 1.22 bits per heavy atom. The summed E-state index contributed by atoms with van der Waals surface area (Å²) in [6, 6.07) is 12.0. The Morgan fingerprint density at radius 3 is 2.59 bits per heavy atom. The summed E-state index contributed by atoms with van der Waals surface area (Å²) in [5.41, 5.74) is 1.92. The standard InChI is InChI=1S/C23H22N2O6S/c1-4-15-7-5-6-8-17(15)25-21(27)16(20(26)24-23(25)32)11-14-9-10-18(19(12-14)30-3)31-13(2)22(28)29/h5-13H,4H2,1-3H3,(H,28,29)(H,24,26,32)/b16-11+/t13-/m0/s1. The van der Waals surface area contributed by atoms with Crippen molar-refractivity contribution in [3.8, 4) is 11.5 Å². The number of nitrogens with zero attached hydrogens (tertiary/aromatic N) is 1. The van der Waals surface area contributed by atoms with E-state index in [1.807, 2.05) is 19.1 Å². The molecule has 0 aliphatic carbocycles. The number of aryl methyl sites for hydroxylation is 1. The van der Waals surface area contributed by atoms with Gasteiger partial charge >= 0.3 is 5.97 Å². The molecule has 0 saturated carbocycles. The number of carboxylic acid groups (broad SMARTS) is 1. The molecule has 0 unspecified atom stereocenters. The summed E-state index contributed by atoms with van der Waals surface area (Å²) in [6.07, 6.45) is 1.03. The van der Waals surface area contributed by atoms with Gasteiger partial charge in [0.1, 0.15) is 5.57 Å². The molecule has 0 bridgehead atoms. The number of ether oxygens (including phenoxy) is 2. The van der Waals surface area contributed by atoms with Crippen molar-refractivity contribution in [2.24, 2.45) is 0 Å². The van der Waals surface area contributed by atoms with Gasteiger partial charge in [0.2, 0.25) is 0 Å². The predicted octanol–water partition coefficient (Wildman–Crippen LogP) is 2.94. The van der Waals surface area contributed by atoms with Crippen molar-refractivity contribution < 1.29 is 29.0 Å². The Balaban J connectivity index is 1.98. The number of anilines is 1. The van der Waals surface area contributed by atoms with Gasteiger partial charge in [-0.25, -0.2) is 4.79 Å². The van der Waals surface area contributed by atoms with E-state index in [0.29, 0.717) is 17.7 Å². The van der Waals surface area contributed by atoms with Gasteiger partial charge in [-0.05, 0) is 61.0 Å². The van der Waals surface area contributed by atoms with E-state index in [4.69, 9.17) is 26.8 Å². The van der Waals surface area contributed by atoms with Gasteiger partial charge in [0.15, 0.2) is 22.7 Å². The van der Waals surface area contributed by atoms with Gasteiger partial charge in [0.05, 0.1) is 12.8 Å². The van der Waals surface area contributed by atoms with Crippen LogP contribution in [-0.2, 0) is 20.8 Å². The molecule has 2 aromatic carbocycles. The molecule has 1 aliphatic rings. The second kappa shape index (κ2) is 9.61. The lowest BCUT2D eigenvalue weighted by atomic mass is 10.0. The van der Waals surface area contributed by atoms with Crippen molar-refractivity contribution in [2.45, 2.75) is 26.4 Å². The SMILES string of the molecule is CCc1ccccc1N1C(=O)/C(=C/c2ccc(O[C@@H](C)C(=O)O)c(OC)c2)C(=O)NC1=S. The first kappa shape index (κ1) is 23.0. The molecule has 1 atom stereocenters. The van der Waals surface area contributed by atoms with Crippen LogP contribution >= 0.6 is 12.2 Å². The maximum Gasteiger partial charge on any atom is 0.344 e. The Bertz CT molecular complexity index is 1130. The Kier molecular flexibility index (Phi) is 6.89. The minimum Gasteiger partial charge on any atom is -0.493 e. The van der Waals surface area contributed by atoms with E-state index in [0.717, 1.165) is 5.56 Å². The monoisotopic (exact) mass is 454 g/mol. The third-order valence-corrected chi connectivity index (χ3v) is 5.15. The zero-order chi connectivity index (χ0) is 23.4. The first-order chi connectivity index (χ1) is 15.3. The summed E-state index contributed by atoms with van der Waals surface area (Å²) < 4.78 is 10.7. The van der Waals surface area contributed by atoms with Crippen molar-refractivity contribution in [2.75, 3.05) is 12.0 Å². The van der Waals surface area contributed by atoms with E-state index in [-0.39, 0.29) is 22.2 Å². The van der Waals surface area contributed by atoms with Crippen LogP contribution in [0.2, 0.25) is 0 Å². The molecule has 1 aliphatic heterocycles. The quantitative estimate of drug-likeness (QED) is 0.376. The number of nitrogens with one attached hydrogen (secondary N) is 1. The third kappa shape index (κ3) is 4.62. The van der Waals surface area contributed by atoms with E-state index in [9.17, 15) is 14.4 Å². The fourth-order valence-corrected chi connectivity index (χ4v) is 3.46. The highest BCUT2D eigenvalue weighted by Gasteiger charge is 2.35. The molecule has 0 aromatic heterocycles. The smallest absolute Gasteiger partial charge is 0.344 e. The third-order valence-electron chi connectivity index (χ3n) is 4.87. The zero-order valence-electron chi connectivity index (χ0n) is 17.7. The number of thiocarbonyl (C=S) groups is 1. The van der Waals surface area contributed by atoms with Crippen LogP contribution in [0.1, 0.15) is 25.0 Å². The highest BCUT2D eigenvalue weighted by Crippen LogP contribution is 2.31. The van der Waals surface area contributed by atoms with Gasteiger partial charge in [-0.1, -0.05) is 31.2 Å². The van der Waals surface area contributed by atoms with Crippen LogP contribution in [0.3, 0.4) is 0 Å². The molecular formula is C23H22N2O6S. The molecule has 166 valence electrons. The number of benzene rings is 2. The highest BCUT2D eigenvalue weighted by atomic mass is 32.1. The second-order valence-electron chi connectivity index (χ2n) is 6.95. The number of carbonyl (C=O) groups is 3. The van der Waals surface area contributed by atoms with E-state index in [1.54, 1.807) is 24.3 Å². The fourth-order valence-electron chi connectivity index (χ4n) is 3.18. The van der Waals surface area contributed by atoms with E-state index >= 15 is 0 Å². The summed E-state index contributed by atoms with van der Waals surface area (Å²) in [6.45, 7) is 3.36. The molecule has 0 radical (unpaired) electrons. The van der Waals surface area contributed by atoms with Crippen LogP contribution in [0.5, 0.6) is 11.5 Å². The molecule has 3 rings (SSSR count). The lowest BCUT2D eigenvalue weighted by Gasteiger charge is -2.30. The van der Waals surface area contributed by atoms with Crippen molar-refractivity contribution in [1.29, 1.82) is 0 Å². The van der Waals surface area contributed by atoms with Gasteiger partial charge in [-0.3, -0.25) is 19.8 Å². The van der Waals surface area contributed by atoms with Gasteiger partial charge in [-0.2, -0.15) is 0 Å². The van der Waals surface area contributed by atoms with E-state index in [2.05, 4.69) is 5.32 Å². The molecule has 2 N–H and O–H groups in total. The van der Waals surface area contributed by atoms with Crippen LogP contribution in [0.25, 0.3) is 6.08 Å². The molecule has 0 spiro atoms. The molecule has 2 aromatic rings. The fraction of sp³-hybridized carbons (Fsp3) is 0.217. The lowest BCUT2D eigenvalue weighted by Crippen LogP contribution is -2.54. The number of methoxy groups -OCH3 is 1. The molecule has 1 saturated heterocycles. The van der Waals surface area contributed by atoms with Crippen LogP contribution in [-0.4, -0.2) is 41.2 Å². The number of rotatable bonds is 7. The number of hydrogen-bond acceptors (Lipinski definition) is 6. The topological polar surface area (TPSA) is 105 Å². The van der Waals surface area contributed by atoms with Gasteiger partial charge in [0.25, 0.3) is 11.8 Å². The van der Waals surface area contributed by atoms with Crippen molar-refractivity contribution >= 4 is 46.9 Å². The Morgan fingerprint density at radius 2 is 1.94 bits per heavy atom. The normalized spacial score (nSPS) is 16.0. The summed E-state index contributed by atoms with van der Waals surface area (Å²) in [7, 11) is 1.41. The van der Waals surface area contributed by atoms with Crippen LogP contribution in [0.4, 0.5) is 5.69 Å². The molecule has 32 heavy (non-hydrogen) atoms. The molecule has 1 fully saturated rings. The van der Waals surface area contributed by atoms with Gasteiger partial charge in [-0.15, -0.1) is 0 Å². The minimum absolute atomic E-state index is 0.0158. The van der Waals surface area contributed by atoms with Crippen LogP contribution in [0, 0.1) is 0 Å². The van der Waals surface area contributed by atoms with Gasteiger partial charge < -0.3 is 14.6 Å². The largest absolute Gasteiger partial charge is 0.493 e. The average molecular weight is 455 g/mol. The number of aliphatic carboxylic acids is 1. The first-order valence-electron chi connectivity index (χ1n) is 9.83. The van der Waals surface area contributed by atoms with Gasteiger partial charge in [0, 0.05) is 0 Å². The Labute approximate surface area is 190 Å². The number of hydrogen-bond donors (Lipinski definition) is 2.